The number of halogens is 1. The zero-order valence-electron chi connectivity index (χ0n) is 11.5. The Morgan fingerprint density at radius 2 is 2.10 bits per heavy atom. The Balaban J connectivity index is 1.83. The summed E-state index contributed by atoms with van der Waals surface area (Å²) in [4.78, 5) is 11.9. The highest BCUT2D eigenvalue weighted by Crippen LogP contribution is 2.23. The molecule has 1 fully saturated rings. The van der Waals surface area contributed by atoms with E-state index in [1.54, 1.807) is 0 Å². The van der Waals surface area contributed by atoms with Crippen molar-refractivity contribution >= 4 is 21.8 Å². The van der Waals surface area contributed by atoms with E-state index in [1.165, 1.54) is 19.3 Å². The quantitative estimate of drug-likeness (QED) is 0.866. The van der Waals surface area contributed by atoms with Gasteiger partial charge in [-0.05, 0) is 31.0 Å². The summed E-state index contributed by atoms with van der Waals surface area (Å²) in [6, 6.07) is 5.95. The van der Waals surface area contributed by atoms with Gasteiger partial charge in [-0.3, -0.25) is 4.79 Å². The topological polar surface area (TPSA) is 64.3 Å². The predicted molar refractivity (Wildman–Crippen MR) is 82.5 cm³/mol. The van der Waals surface area contributed by atoms with E-state index in [1.807, 2.05) is 18.2 Å². The van der Waals surface area contributed by atoms with Crippen molar-refractivity contribution in [1.29, 1.82) is 0 Å². The van der Waals surface area contributed by atoms with Crippen molar-refractivity contribution in [3.05, 3.63) is 28.2 Å². The molecule has 5 heteroatoms. The third-order valence-corrected chi connectivity index (χ3v) is 4.06. The minimum absolute atomic E-state index is 0.0468. The molecule has 1 aromatic rings. The normalized spacial score (nSPS) is 15.9. The van der Waals surface area contributed by atoms with Gasteiger partial charge in [-0.15, -0.1) is 0 Å². The molecule has 1 aromatic carbocycles. The van der Waals surface area contributed by atoms with Crippen LogP contribution in [-0.4, -0.2) is 18.6 Å². The molecule has 0 radical (unpaired) electrons. The van der Waals surface area contributed by atoms with Gasteiger partial charge in [0, 0.05) is 22.6 Å². The number of ether oxygens (including phenoxy) is 1. The van der Waals surface area contributed by atoms with Crippen molar-refractivity contribution < 1.29 is 9.53 Å². The van der Waals surface area contributed by atoms with Crippen molar-refractivity contribution in [2.75, 3.05) is 6.61 Å². The van der Waals surface area contributed by atoms with Gasteiger partial charge in [-0.2, -0.15) is 0 Å². The Bertz CT molecular complexity index is 459. The molecule has 110 valence electrons. The standard InChI is InChI=1S/C15H21BrN2O2/c16-12-6-7-14(11(8-12)9-17)20-10-15(19)18-13-4-2-1-3-5-13/h6-8,13H,1-5,9-10,17H2,(H,18,19). The van der Waals surface area contributed by atoms with Crippen LogP contribution in [0.5, 0.6) is 5.75 Å². The fraction of sp³-hybridized carbons (Fsp3) is 0.533. The zero-order chi connectivity index (χ0) is 14.4. The summed E-state index contributed by atoms with van der Waals surface area (Å²) in [6.45, 7) is 0.435. The smallest absolute Gasteiger partial charge is 0.258 e. The first-order valence-corrected chi connectivity index (χ1v) is 7.89. The fourth-order valence-corrected chi connectivity index (χ4v) is 2.92. The molecule has 0 spiro atoms. The van der Waals surface area contributed by atoms with Crippen LogP contribution in [0.3, 0.4) is 0 Å². The lowest BCUT2D eigenvalue weighted by atomic mass is 9.95. The maximum Gasteiger partial charge on any atom is 0.258 e. The van der Waals surface area contributed by atoms with Gasteiger partial charge in [0.15, 0.2) is 6.61 Å². The highest BCUT2D eigenvalue weighted by Gasteiger charge is 2.16. The molecule has 0 heterocycles. The lowest BCUT2D eigenvalue weighted by Gasteiger charge is -2.22. The summed E-state index contributed by atoms with van der Waals surface area (Å²) in [5.74, 6) is 0.622. The molecule has 1 amide bonds. The van der Waals surface area contributed by atoms with Crippen molar-refractivity contribution in [3.63, 3.8) is 0 Å². The Morgan fingerprint density at radius 1 is 1.35 bits per heavy atom. The number of rotatable bonds is 5. The predicted octanol–water partition coefficient (Wildman–Crippen LogP) is 2.74. The van der Waals surface area contributed by atoms with Gasteiger partial charge in [-0.1, -0.05) is 35.2 Å². The van der Waals surface area contributed by atoms with E-state index in [0.717, 1.165) is 22.9 Å². The molecule has 1 saturated carbocycles. The third kappa shape index (κ3) is 4.49. The van der Waals surface area contributed by atoms with Gasteiger partial charge in [0.1, 0.15) is 5.75 Å². The summed E-state index contributed by atoms with van der Waals surface area (Å²) < 4.78 is 6.53. The highest BCUT2D eigenvalue weighted by molar-refractivity contribution is 9.10. The third-order valence-electron chi connectivity index (χ3n) is 3.57. The summed E-state index contributed by atoms with van der Waals surface area (Å²) >= 11 is 3.39. The van der Waals surface area contributed by atoms with E-state index in [-0.39, 0.29) is 12.5 Å². The monoisotopic (exact) mass is 340 g/mol. The molecule has 0 bridgehead atoms. The number of benzene rings is 1. The van der Waals surface area contributed by atoms with Crippen molar-refractivity contribution in [2.24, 2.45) is 5.73 Å². The number of hydrogen-bond donors (Lipinski definition) is 2. The lowest BCUT2D eigenvalue weighted by Crippen LogP contribution is -2.39. The SMILES string of the molecule is NCc1cc(Br)ccc1OCC(=O)NC1CCCCC1. The number of amides is 1. The van der Waals surface area contributed by atoms with Crippen LogP contribution in [-0.2, 0) is 11.3 Å². The average molecular weight is 341 g/mol. The number of hydrogen-bond acceptors (Lipinski definition) is 3. The lowest BCUT2D eigenvalue weighted by molar-refractivity contribution is -0.124. The van der Waals surface area contributed by atoms with Gasteiger partial charge in [0.05, 0.1) is 0 Å². The summed E-state index contributed by atoms with van der Waals surface area (Å²) in [5, 5.41) is 3.03. The molecule has 20 heavy (non-hydrogen) atoms. The van der Waals surface area contributed by atoms with Gasteiger partial charge in [-0.25, -0.2) is 0 Å². The number of carbonyl (C=O) groups is 1. The number of nitrogens with two attached hydrogens (primary N) is 1. The minimum Gasteiger partial charge on any atom is -0.483 e. The minimum atomic E-state index is -0.0530. The fourth-order valence-electron chi connectivity index (χ4n) is 2.51. The molecule has 0 atom stereocenters. The molecule has 1 aliphatic rings. The molecule has 4 nitrogen and oxygen atoms in total. The molecule has 0 saturated heterocycles. The van der Waals surface area contributed by atoms with E-state index >= 15 is 0 Å². The van der Waals surface area contributed by atoms with Crippen LogP contribution in [0.4, 0.5) is 0 Å². The molecule has 1 aliphatic carbocycles. The number of nitrogens with one attached hydrogen (secondary N) is 1. The van der Waals surface area contributed by atoms with Crippen LogP contribution in [0, 0.1) is 0 Å². The van der Waals surface area contributed by atoms with E-state index in [2.05, 4.69) is 21.2 Å². The van der Waals surface area contributed by atoms with Crippen LogP contribution in [0.2, 0.25) is 0 Å². The molecule has 0 unspecified atom stereocenters. The summed E-state index contributed by atoms with van der Waals surface area (Å²) in [6.07, 6.45) is 5.85. The van der Waals surface area contributed by atoms with E-state index in [9.17, 15) is 4.79 Å². The van der Waals surface area contributed by atoms with Crippen LogP contribution in [0.15, 0.2) is 22.7 Å². The van der Waals surface area contributed by atoms with Crippen LogP contribution in [0.25, 0.3) is 0 Å². The Labute approximate surface area is 128 Å². The second kappa shape index (κ2) is 7.64. The average Bonchev–Trinajstić information content (AvgIpc) is 2.47. The first kappa shape index (κ1) is 15.3. The Morgan fingerprint density at radius 3 is 2.80 bits per heavy atom. The van der Waals surface area contributed by atoms with Gasteiger partial charge in [0.2, 0.25) is 0 Å². The Hall–Kier alpha value is -1.07. The second-order valence-corrected chi connectivity index (χ2v) is 6.06. The van der Waals surface area contributed by atoms with Gasteiger partial charge in [0.25, 0.3) is 5.91 Å². The molecule has 0 aliphatic heterocycles. The van der Waals surface area contributed by atoms with E-state index in [0.29, 0.717) is 18.3 Å². The van der Waals surface area contributed by atoms with Crippen molar-refractivity contribution in [1.82, 2.24) is 5.32 Å². The number of carbonyl (C=O) groups excluding carboxylic acids is 1. The first-order valence-electron chi connectivity index (χ1n) is 7.09. The van der Waals surface area contributed by atoms with E-state index < -0.39 is 0 Å². The largest absolute Gasteiger partial charge is 0.483 e. The highest BCUT2D eigenvalue weighted by atomic mass is 79.9. The first-order chi connectivity index (χ1) is 9.69. The summed E-state index contributed by atoms with van der Waals surface area (Å²) in [7, 11) is 0. The van der Waals surface area contributed by atoms with Crippen molar-refractivity contribution in [2.45, 2.75) is 44.7 Å². The maximum absolute atomic E-state index is 11.9. The molecule has 0 aromatic heterocycles. The molecule has 2 rings (SSSR count). The molecular formula is C15H21BrN2O2. The van der Waals surface area contributed by atoms with Crippen LogP contribution < -0.4 is 15.8 Å². The second-order valence-electron chi connectivity index (χ2n) is 5.15. The maximum atomic E-state index is 11.9. The summed E-state index contributed by atoms with van der Waals surface area (Å²) in [5.41, 5.74) is 6.57. The molecule has 3 N–H and O–H groups in total. The Kier molecular flexibility index (Phi) is 5.86. The van der Waals surface area contributed by atoms with Gasteiger partial charge >= 0.3 is 0 Å². The van der Waals surface area contributed by atoms with Crippen LogP contribution >= 0.6 is 15.9 Å². The van der Waals surface area contributed by atoms with Crippen LogP contribution in [0.1, 0.15) is 37.7 Å². The zero-order valence-corrected chi connectivity index (χ0v) is 13.1. The van der Waals surface area contributed by atoms with Gasteiger partial charge < -0.3 is 15.8 Å². The molecular weight excluding hydrogens is 320 g/mol. The van der Waals surface area contributed by atoms with E-state index in [4.69, 9.17) is 10.5 Å². The van der Waals surface area contributed by atoms with Crippen molar-refractivity contribution in [3.8, 4) is 5.75 Å².